The van der Waals surface area contributed by atoms with Crippen LogP contribution in [0, 0.1) is 10.1 Å². The number of nitro groups is 1. The number of benzene rings is 2. The fraction of sp³-hybridized carbons (Fsp3) is 0.0909. The largest absolute Gasteiger partial charge is 0.465 e. The number of para-hydroxylation sites is 2. The van der Waals surface area contributed by atoms with Gasteiger partial charge in [0.05, 0.1) is 34.5 Å². The fourth-order valence-corrected chi connectivity index (χ4v) is 3.37. The van der Waals surface area contributed by atoms with E-state index < -0.39 is 10.9 Å². The molecule has 2 aromatic heterocycles. The van der Waals surface area contributed by atoms with Crippen LogP contribution in [0.25, 0.3) is 10.9 Å². The molecule has 4 rings (SSSR count). The van der Waals surface area contributed by atoms with Crippen LogP contribution >= 0.6 is 0 Å². The van der Waals surface area contributed by atoms with Gasteiger partial charge in [-0.25, -0.2) is 14.8 Å². The molecule has 4 aromatic rings. The Morgan fingerprint density at radius 1 is 1.06 bits per heavy atom. The van der Waals surface area contributed by atoms with Crippen molar-refractivity contribution in [2.24, 2.45) is 0 Å². The Balaban J connectivity index is 1.82. The first kappa shape index (κ1) is 20.7. The monoisotopic (exact) mass is 430 g/mol. The van der Waals surface area contributed by atoms with E-state index in [1.54, 1.807) is 43.6 Å². The van der Waals surface area contributed by atoms with Crippen molar-refractivity contribution in [1.29, 1.82) is 0 Å². The van der Waals surface area contributed by atoms with E-state index in [9.17, 15) is 14.9 Å². The minimum Gasteiger partial charge on any atom is -0.465 e. The van der Waals surface area contributed by atoms with Gasteiger partial charge in [-0.15, -0.1) is 0 Å². The molecule has 0 atom stereocenters. The number of fused-ring (bicyclic) bond motifs is 1. The molecule has 0 saturated carbocycles. The van der Waals surface area contributed by atoms with Crippen LogP contribution in [0.1, 0.15) is 10.4 Å². The summed E-state index contributed by atoms with van der Waals surface area (Å²) in [5.74, 6) is -0.554. The van der Waals surface area contributed by atoms with E-state index in [1.807, 2.05) is 24.3 Å². The molecular formula is C22H18N6O4. The van der Waals surface area contributed by atoms with Crippen molar-refractivity contribution in [1.82, 2.24) is 15.0 Å². The molecule has 0 aliphatic heterocycles. The van der Waals surface area contributed by atoms with Crippen molar-refractivity contribution in [2.75, 3.05) is 24.4 Å². The molecule has 0 unspecified atom stereocenters. The zero-order valence-electron chi connectivity index (χ0n) is 17.2. The molecule has 0 fully saturated rings. The average Bonchev–Trinajstić information content (AvgIpc) is 2.83. The van der Waals surface area contributed by atoms with Crippen LogP contribution in [0.3, 0.4) is 0 Å². The summed E-state index contributed by atoms with van der Waals surface area (Å²) in [5.41, 5.74) is 1.52. The summed E-state index contributed by atoms with van der Waals surface area (Å²) >= 11 is 0. The third-order valence-corrected chi connectivity index (χ3v) is 4.86. The molecule has 0 saturated heterocycles. The van der Waals surface area contributed by atoms with Gasteiger partial charge in [-0.05, 0) is 24.3 Å². The third kappa shape index (κ3) is 3.76. The number of esters is 1. The van der Waals surface area contributed by atoms with Gasteiger partial charge >= 0.3 is 11.7 Å². The van der Waals surface area contributed by atoms with Crippen LogP contribution in [-0.2, 0) is 4.74 Å². The van der Waals surface area contributed by atoms with Gasteiger partial charge in [0.25, 0.3) is 0 Å². The Kier molecular flexibility index (Phi) is 5.58. The highest BCUT2D eigenvalue weighted by atomic mass is 16.6. The van der Waals surface area contributed by atoms with Crippen molar-refractivity contribution in [3.63, 3.8) is 0 Å². The summed E-state index contributed by atoms with van der Waals surface area (Å²) in [6.07, 6.45) is 2.87. The Bertz CT molecular complexity index is 1320. The highest BCUT2D eigenvalue weighted by Crippen LogP contribution is 2.38. The van der Waals surface area contributed by atoms with Gasteiger partial charge in [0.1, 0.15) is 6.33 Å². The van der Waals surface area contributed by atoms with Gasteiger partial charge < -0.3 is 15.0 Å². The number of hydrogen-bond acceptors (Lipinski definition) is 9. The minimum absolute atomic E-state index is 0.000511. The Morgan fingerprint density at radius 2 is 1.84 bits per heavy atom. The maximum absolute atomic E-state index is 12.2. The molecule has 0 aliphatic carbocycles. The maximum Gasteiger partial charge on any atom is 0.354 e. The second-order valence-electron chi connectivity index (χ2n) is 6.73. The van der Waals surface area contributed by atoms with E-state index in [2.05, 4.69) is 20.3 Å². The maximum atomic E-state index is 12.2. The number of ether oxygens (including phenoxy) is 1. The van der Waals surface area contributed by atoms with E-state index in [-0.39, 0.29) is 22.9 Å². The topological polar surface area (TPSA) is 123 Å². The van der Waals surface area contributed by atoms with Crippen molar-refractivity contribution >= 4 is 45.6 Å². The van der Waals surface area contributed by atoms with E-state index >= 15 is 0 Å². The van der Waals surface area contributed by atoms with Crippen LogP contribution in [-0.4, -0.2) is 40.0 Å². The molecule has 0 aliphatic rings. The molecule has 10 heteroatoms. The van der Waals surface area contributed by atoms with Crippen LogP contribution < -0.4 is 10.2 Å². The minimum atomic E-state index is -0.565. The number of carbonyl (C=O) groups is 1. The molecule has 10 nitrogen and oxygen atoms in total. The van der Waals surface area contributed by atoms with Crippen LogP contribution in [0.2, 0.25) is 0 Å². The number of rotatable bonds is 6. The first-order valence-corrected chi connectivity index (χ1v) is 9.52. The summed E-state index contributed by atoms with van der Waals surface area (Å²) in [6, 6.07) is 15.8. The summed E-state index contributed by atoms with van der Waals surface area (Å²) in [4.78, 5) is 37.7. The zero-order chi connectivity index (χ0) is 22.7. The Morgan fingerprint density at radius 3 is 2.62 bits per heavy atom. The van der Waals surface area contributed by atoms with E-state index in [4.69, 9.17) is 4.74 Å². The molecule has 0 bridgehead atoms. The average molecular weight is 430 g/mol. The highest BCUT2D eigenvalue weighted by molar-refractivity contribution is 5.97. The van der Waals surface area contributed by atoms with Gasteiger partial charge in [0.2, 0.25) is 11.6 Å². The van der Waals surface area contributed by atoms with Crippen molar-refractivity contribution in [2.45, 2.75) is 0 Å². The molecule has 0 radical (unpaired) electrons. The normalized spacial score (nSPS) is 10.6. The Labute approximate surface area is 182 Å². The van der Waals surface area contributed by atoms with Crippen LogP contribution in [0.15, 0.2) is 67.1 Å². The van der Waals surface area contributed by atoms with Crippen LogP contribution in [0.5, 0.6) is 0 Å². The predicted molar refractivity (Wildman–Crippen MR) is 120 cm³/mol. The molecular weight excluding hydrogens is 412 g/mol. The quantitative estimate of drug-likeness (QED) is 0.272. The summed E-state index contributed by atoms with van der Waals surface area (Å²) in [7, 11) is 2.85. The number of nitrogens with zero attached hydrogens (tertiary/aromatic N) is 5. The number of carbonyl (C=O) groups excluding carboxylic acids is 1. The molecule has 32 heavy (non-hydrogen) atoms. The SMILES string of the molecule is COC(=O)c1ccccc1N(C)c1ncnc(Nc2cccc3cccnc23)c1[N+](=O)[O-]. The number of aromatic nitrogens is 3. The molecule has 0 spiro atoms. The first-order chi connectivity index (χ1) is 15.5. The summed E-state index contributed by atoms with van der Waals surface area (Å²) in [6.45, 7) is 0. The van der Waals surface area contributed by atoms with Gasteiger partial charge in [0.15, 0.2) is 0 Å². The van der Waals surface area contributed by atoms with Gasteiger partial charge in [-0.3, -0.25) is 15.1 Å². The van der Waals surface area contributed by atoms with Gasteiger partial charge in [0, 0.05) is 18.6 Å². The van der Waals surface area contributed by atoms with E-state index in [1.165, 1.54) is 18.3 Å². The second-order valence-corrected chi connectivity index (χ2v) is 6.73. The zero-order valence-corrected chi connectivity index (χ0v) is 17.2. The smallest absolute Gasteiger partial charge is 0.354 e. The molecule has 160 valence electrons. The summed E-state index contributed by atoms with van der Waals surface area (Å²) < 4.78 is 4.83. The highest BCUT2D eigenvalue weighted by Gasteiger charge is 2.28. The van der Waals surface area contributed by atoms with E-state index in [0.717, 1.165) is 5.39 Å². The number of methoxy groups -OCH3 is 1. The lowest BCUT2D eigenvalue weighted by Crippen LogP contribution is -2.18. The lowest BCUT2D eigenvalue weighted by Gasteiger charge is -2.21. The standard InChI is InChI=1S/C22H18N6O4/c1-27(17-11-4-3-9-15(17)22(29)32-2)21-19(28(30)31)20(24-13-25-21)26-16-10-5-7-14-8-6-12-23-18(14)16/h3-13H,1-2H3,(H,24,25,26). The molecule has 2 heterocycles. The number of hydrogen-bond donors (Lipinski definition) is 1. The van der Waals surface area contributed by atoms with Gasteiger partial charge in [-0.1, -0.05) is 30.3 Å². The lowest BCUT2D eigenvalue weighted by atomic mass is 10.1. The summed E-state index contributed by atoms with van der Waals surface area (Å²) in [5, 5.41) is 16.0. The lowest BCUT2D eigenvalue weighted by molar-refractivity contribution is -0.383. The fourth-order valence-electron chi connectivity index (χ4n) is 3.37. The second kappa shape index (κ2) is 8.64. The molecule has 2 aromatic carbocycles. The molecule has 1 N–H and O–H groups in total. The number of nitrogens with one attached hydrogen (secondary N) is 1. The number of pyridine rings is 1. The Hall–Kier alpha value is -4.60. The van der Waals surface area contributed by atoms with Crippen molar-refractivity contribution in [3.8, 4) is 0 Å². The van der Waals surface area contributed by atoms with Crippen LogP contribution in [0.4, 0.5) is 28.7 Å². The van der Waals surface area contributed by atoms with Crippen molar-refractivity contribution in [3.05, 3.63) is 82.8 Å². The van der Waals surface area contributed by atoms with Gasteiger partial charge in [-0.2, -0.15) is 0 Å². The van der Waals surface area contributed by atoms with E-state index in [0.29, 0.717) is 16.9 Å². The third-order valence-electron chi connectivity index (χ3n) is 4.86. The number of anilines is 4. The first-order valence-electron chi connectivity index (χ1n) is 9.52. The predicted octanol–water partition coefficient (Wildman–Crippen LogP) is 4.23. The molecule has 0 amide bonds. The van der Waals surface area contributed by atoms with Crippen molar-refractivity contribution < 1.29 is 14.5 Å².